The molecule has 3 heterocycles. The van der Waals surface area contributed by atoms with Crippen LogP contribution >= 0.6 is 11.6 Å². The molecule has 0 aliphatic carbocycles. The minimum absolute atomic E-state index is 0.214. The lowest BCUT2D eigenvalue weighted by Crippen LogP contribution is -2.33. The van der Waals surface area contributed by atoms with Crippen molar-refractivity contribution in [2.75, 3.05) is 26.0 Å². The molecule has 3 rings (SSSR count). The lowest BCUT2D eigenvalue weighted by molar-refractivity contribution is 0.102. The number of ether oxygens (including phenoxy) is 1. The summed E-state index contributed by atoms with van der Waals surface area (Å²) in [4.78, 5) is 14.2. The number of fused-ring (bicyclic) bond motifs is 2. The summed E-state index contributed by atoms with van der Waals surface area (Å²) in [6.45, 7) is 1.28. The fraction of sp³-hybridized carbons (Fsp3) is 0.714. The lowest BCUT2D eigenvalue weighted by Gasteiger charge is -2.21. The number of halogens is 1. The second kappa shape index (κ2) is 5.94. The molecule has 116 valence electrons. The number of hydrogen-bond acceptors (Lipinski definition) is 5. The Kier molecular flexibility index (Phi) is 4.19. The summed E-state index contributed by atoms with van der Waals surface area (Å²) in [5, 5.41) is 7.75. The lowest BCUT2D eigenvalue weighted by atomic mass is 9.95. The van der Waals surface area contributed by atoms with Crippen LogP contribution in [0, 0.1) is 0 Å². The van der Waals surface area contributed by atoms with Gasteiger partial charge in [0.15, 0.2) is 0 Å². The van der Waals surface area contributed by atoms with Gasteiger partial charge in [-0.2, -0.15) is 5.10 Å². The molecule has 2 saturated heterocycles. The topological polar surface area (TPSA) is 59.4 Å². The Morgan fingerprint density at radius 3 is 2.95 bits per heavy atom. The highest BCUT2D eigenvalue weighted by Crippen LogP contribution is 2.36. The van der Waals surface area contributed by atoms with E-state index < -0.39 is 0 Å². The van der Waals surface area contributed by atoms with E-state index in [2.05, 4.69) is 10.4 Å². The third kappa shape index (κ3) is 3.07. The first-order valence-electron chi connectivity index (χ1n) is 7.37. The predicted molar refractivity (Wildman–Crippen MR) is 82.0 cm³/mol. The van der Waals surface area contributed by atoms with Crippen LogP contribution in [-0.2, 0) is 11.3 Å². The second-order valence-electron chi connectivity index (χ2n) is 6.06. The first-order chi connectivity index (χ1) is 10.0. The molecule has 0 aromatic carbocycles. The van der Waals surface area contributed by atoms with Gasteiger partial charge in [-0.15, -0.1) is 0 Å². The van der Waals surface area contributed by atoms with Crippen LogP contribution in [0.3, 0.4) is 0 Å². The molecule has 21 heavy (non-hydrogen) atoms. The van der Waals surface area contributed by atoms with Crippen molar-refractivity contribution in [3.8, 4) is 0 Å². The van der Waals surface area contributed by atoms with E-state index in [-0.39, 0.29) is 22.7 Å². The standard InChI is InChI=1S/C14H21ClN4O2/c1-18(2)5-6-19-14(20)13(15)11(8-16-19)17-10-7-9-3-4-12(10)21-9/h8-10,12,17H,3-7H2,1-2H3. The third-order valence-corrected chi connectivity index (χ3v) is 4.56. The van der Waals surface area contributed by atoms with Crippen molar-refractivity contribution in [3.05, 3.63) is 21.6 Å². The molecule has 6 nitrogen and oxygen atoms in total. The Morgan fingerprint density at radius 1 is 1.52 bits per heavy atom. The van der Waals surface area contributed by atoms with Gasteiger partial charge in [0.2, 0.25) is 0 Å². The van der Waals surface area contributed by atoms with Crippen LogP contribution in [0.15, 0.2) is 11.0 Å². The van der Waals surface area contributed by atoms with Gasteiger partial charge < -0.3 is 15.0 Å². The molecule has 0 spiro atoms. The maximum atomic E-state index is 12.2. The normalized spacial score (nSPS) is 27.5. The Balaban J connectivity index is 1.72. The van der Waals surface area contributed by atoms with Crippen LogP contribution < -0.4 is 10.9 Å². The number of rotatable bonds is 5. The van der Waals surface area contributed by atoms with Crippen molar-refractivity contribution in [2.45, 2.75) is 44.1 Å². The van der Waals surface area contributed by atoms with Gasteiger partial charge in [0.05, 0.1) is 36.7 Å². The molecule has 2 fully saturated rings. The summed E-state index contributed by atoms with van der Waals surface area (Å²) >= 11 is 6.20. The molecular formula is C14H21ClN4O2. The summed E-state index contributed by atoms with van der Waals surface area (Å²) in [6.07, 6.45) is 5.44. The molecular weight excluding hydrogens is 292 g/mol. The van der Waals surface area contributed by atoms with E-state index >= 15 is 0 Å². The van der Waals surface area contributed by atoms with E-state index in [9.17, 15) is 4.79 Å². The third-order valence-electron chi connectivity index (χ3n) is 4.19. The maximum absolute atomic E-state index is 12.2. The van der Waals surface area contributed by atoms with E-state index in [1.807, 2.05) is 19.0 Å². The molecule has 2 bridgehead atoms. The molecule has 1 aromatic heterocycles. The molecule has 0 saturated carbocycles. The van der Waals surface area contributed by atoms with Gasteiger partial charge in [-0.3, -0.25) is 4.79 Å². The summed E-state index contributed by atoms with van der Waals surface area (Å²) in [6, 6.07) is 0.236. The maximum Gasteiger partial charge on any atom is 0.287 e. The van der Waals surface area contributed by atoms with E-state index in [1.165, 1.54) is 4.68 Å². The Hall–Kier alpha value is -1.11. The summed E-state index contributed by atoms with van der Waals surface area (Å²) in [7, 11) is 3.91. The second-order valence-corrected chi connectivity index (χ2v) is 6.44. The first kappa shape index (κ1) is 14.8. The van der Waals surface area contributed by atoms with Gasteiger partial charge in [0.25, 0.3) is 5.56 Å². The van der Waals surface area contributed by atoms with Crippen LogP contribution in [0.25, 0.3) is 0 Å². The number of aromatic nitrogens is 2. The number of anilines is 1. The molecule has 2 aliphatic rings. The quantitative estimate of drug-likeness (QED) is 0.885. The van der Waals surface area contributed by atoms with E-state index in [0.717, 1.165) is 25.8 Å². The summed E-state index contributed by atoms with van der Waals surface area (Å²) in [5.41, 5.74) is 0.372. The van der Waals surface area contributed by atoms with Crippen LogP contribution in [0.1, 0.15) is 19.3 Å². The summed E-state index contributed by atoms with van der Waals surface area (Å²) in [5.74, 6) is 0. The van der Waals surface area contributed by atoms with Crippen molar-refractivity contribution < 1.29 is 4.74 Å². The average Bonchev–Trinajstić information content (AvgIpc) is 3.05. The number of nitrogens with one attached hydrogen (secondary N) is 1. The average molecular weight is 313 g/mol. The fourth-order valence-corrected chi connectivity index (χ4v) is 3.21. The van der Waals surface area contributed by atoms with Crippen molar-refractivity contribution in [1.82, 2.24) is 14.7 Å². The van der Waals surface area contributed by atoms with Gasteiger partial charge in [0.1, 0.15) is 5.02 Å². The number of hydrogen-bond donors (Lipinski definition) is 1. The highest BCUT2D eigenvalue weighted by molar-refractivity contribution is 6.32. The van der Waals surface area contributed by atoms with Gasteiger partial charge in [-0.1, -0.05) is 11.6 Å². The molecule has 3 unspecified atom stereocenters. The van der Waals surface area contributed by atoms with Crippen molar-refractivity contribution in [3.63, 3.8) is 0 Å². The molecule has 0 radical (unpaired) electrons. The van der Waals surface area contributed by atoms with E-state index in [4.69, 9.17) is 16.3 Å². The van der Waals surface area contributed by atoms with Crippen LogP contribution in [-0.4, -0.2) is 53.6 Å². The Labute approximate surface area is 129 Å². The predicted octanol–water partition coefficient (Wildman–Crippen LogP) is 1.19. The van der Waals surface area contributed by atoms with Crippen molar-refractivity contribution in [1.29, 1.82) is 0 Å². The molecule has 1 aromatic rings. The molecule has 3 atom stereocenters. The van der Waals surface area contributed by atoms with E-state index in [0.29, 0.717) is 18.3 Å². The van der Waals surface area contributed by atoms with Crippen LogP contribution in [0.2, 0.25) is 5.02 Å². The van der Waals surface area contributed by atoms with Gasteiger partial charge >= 0.3 is 0 Å². The molecule has 1 N–H and O–H groups in total. The monoisotopic (exact) mass is 312 g/mol. The SMILES string of the molecule is CN(C)CCn1ncc(NC2CC3CCC2O3)c(Cl)c1=O. The van der Waals surface area contributed by atoms with Gasteiger partial charge in [0, 0.05) is 6.54 Å². The van der Waals surface area contributed by atoms with Crippen molar-refractivity contribution in [2.24, 2.45) is 0 Å². The number of nitrogens with zero attached hydrogens (tertiary/aromatic N) is 3. The smallest absolute Gasteiger partial charge is 0.287 e. The molecule has 0 amide bonds. The Bertz CT molecular complexity index is 575. The zero-order chi connectivity index (χ0) is 15.0. The minimum Gasteiger partial charge on any atom is -0.377 e. The number of likely N-dealkylation sites (N-methyl/N-ethyl adjacent to an activating group) is 1. The molecule has 7 heteroatoms. The minimum atomic E-state index is -0.243. The van der Waals surface area contributed by atoms with Gasteiger partial charge in [-0.05, 0) is 33.4 Å². The summed E-state index contributed by atoms with van der Waals surface area (Å²) < 4.78 is 7.21. The largest absolute Gasteiger partial charge is 0.377 e. The molecule has 2 aliphatic heterocycles. The van der Waals surface area contributed by atoms with Crippen molar-refractivity contribution >= 4 is 17.3 Å². The highest BCUT2D eigenvalue weighted by Gasteiger charge is 2.40. The Morgan fingerprint density at radius 2 is 2.33 bits per heavy atom. The first-order valence-corrected chi connectivity index (χ1v) is 7.74. The van der Waals surface area contributed by atoms with Gasteiger partial charge in [-0.25, -0.2) is 4.68 Å². The zero-order valence-electron chi connectivity index (χ0n) is 12.4. The zero-order valence-corrected chi connectivity index (χ0v) is 13.1. The van der Waals surface area contributed by atoms with E-state index in [1.54, 1.807) is 6.20 Å². The fourth-order valence-electron chi connectivity index (χ4n) is 3.01. The highest BCUT2D eigenvalue weighted by atomic mass is 35.5. The van der Waals surface area contributed by atoms with Crippen LogP contribution in [0.4, 0.5) is 5.69 Å². The van der Waals surface area contributed by atoms with Crippen LogP contribution in [0.5, 0.6) is 0 Å².